The van der Waals surface area contributed by atoms with Gasteiger partial charge in [0.2, 0.25) is 5.91 Å². The van der Waals surface area contributed by atoms with Crippen molar-refractivity contribution in [3.63, 3.8) is 0 Å². The minimum Gasteiger partial charge on any atom is -0.459 e. The van der Waals surface area contributed by atoms with Gasteiger partial charge in [-0.3, -0.25) is 9.59 Å². The summed E-state index contributed by atoms with van der Waals surface area (Å²) in [6.07, 6.45) is 5.24. The maximum atomic E-state index is 12.7. The van der Waals surface area contributed by atoms with Gasteiger partial charge < -0.3 is 14.6 Å². The molecular formula is C21H18N4O3S. The van der Waals surface area contributed by atoms with Gasteiger partial charge in [-0.15, -0.1) is 11.3 Å². The van der Waals surface area contributed by atoms with Crippen molar-refractivity contribution >= 4 is 28.3 Å². The van der Waals surface area contributed by atoms with E-state index in [1.165, 1.54) is 17.6 Å². The van der Waals surface area contributed by atoms with E-state index in [1.807, 2.05) is 12.1 Å². The number of rotatable bonds is 5. The van der Waals surface area contributed by atoms with Crippen molar-refractivity contribution in [3.05, 3.63) is 70.6 Å². The second kappa shape index (κ2) is 8.29. The number of amides is 2. The van der Waals surface area contributed by atoms with Crippen LogP contribution < -0.4 is 5.32 Å². The van der Waals surface area contributed by atoms with Crippen LogP contribution in [-0.2, 0) is 11.2 Å². The Morgan fingerprint density at radius 1 is 1.31 bits per heavy atom. The molecule has 1 atom stereocenters. The molecule has 0 spiro atoms. The lowest BCUT2D eigenvalue weighted by molar-refractivity contribution is -0.119. The normalized spacial score (nSPS) is 15.8. The van der Waals surface area contributed by atoms with Crippen LogP contribution in [0.5, 0.6) is 0 Å². The maximum absolute atomic E-state index is 12.7. The van der Waals surface area contributed by atoms with Crippen LogP contribution in [0.25, 0.3) is 0 Å². The molecular weight excluding hydrogens is 388 g/mol. The van der Waals surface area contributed by atoms with Crippen molar-refractivity contribution in [3.8, 4) is 6.07 Å². The molecule has 1 fully saturated rings. The minimum absolute atomic E-state index is 0.235. The average molecular weight is 406 g/mol. The first kappa shape index (κ1) is 18.9. The summed E-state index contributed by atoms with van der Waals surface area (Å²) in [6.45, 7) is 0.527. The topological polar surface area (TPSA) is 99.2 Å². The molecule has 1 saturated heterocycles. The van der Waals surface area contributed by atoms with E-state index < -0.39 is 6.04 Å². The van der Waals surface area contributed by atoms with Gasteiger partial charge in [0, 0.05) is 24.0 Å². The molecule has 146 valence electrons. The number of likely N-dealkylation sites (tertiary alicyclic amines) is 1. The Morgan fingerprint density at radius 3 is 2.86 bits per heavy atom. The number of hydrogen-bond donors (Lipinski definition) is 1. The van der Waals surface area contributed by atoms with E-state index in [2.05, 4.69) is 16.4 Å². The highest BCUT2D eigenvalue weighted by Gasteiger charge is 2.35. The van der Waals surface area contributed by atoms with Crippen LogP contribution in [0.15, 0.2) is 53.3 Å². The first-order chi connectivity index (χ1) is 14.1. The first-order valence-corrected chi connectivity index (χ1v) is 10.0. The van der Waals surface area contributed by atoms with Gasteiger partial charge in [-0.05, 0) is 42.7 Å². The number of benzene rings is 1. The number of carbonyl (C=O) groups is 2. The van der Waals surface area contributed by atoms with Gasteiger partial charge in [0.15, 0.2) is 10.9 Å². The highest BCUT2D eigenvalue weighted by atomic mass is 32.1. The number of furan rings is 1. The summed E-state index contributed by atoms with van der Waals surface area (Å²) in [5.74, 6) is -0.265. The quantitative estimate of drug-likeness (QED) is 0.700. The number of carbonyl (C=O) groups excluding carboxylic acids is 2. The molecule has 2 aromatic heterocycles. The fourth-order valence-electron chi connectivity index (χ4n) is 3.36. The molecule has 1 aromatic carbocycles. The molecule has 0 aliphatic carbocycles. The summed E-state index contributed by atoms with van der Waals surface area (Å²) < 4.78 is 5.18. The molecule has 3 aromatic rings. The number of nitrogens with zero attached hydrogens (tertiary/aromatic N) is 3. The van der Waals surface area contributed by atoms with Crippen molar-refractivity contribution < 1.29 is 14.0 Å². The first-order valence-electron chi connectivity index (χ1n) is 9.23. The highest BCUT2D eigenvalue weighted by Crippen LogP contribution is 2.25. The zero-order chi connectivity index (χ0) is 20.2. The Kier molecular flexibility index (Phi) is 5.40. The van der Waals surface area contributed by atoms with Gasteiger partial charge in [0.25, 0.3) is 5.91 Å². The summed E-state index contributed by atoms with van der Waals surface area (Å²) in [5.41, 5.74) is 1.69. The standard InChI is InChI=1S/C21H18N4O3S/c22-12-15-7-5-14(6-8-15)11-16-13-23-21(29-16)24-19(26)17-3-1-9-25(17)20(27)18-4-2-10-28-18/h2,4-8,10,13,17H,1,3,9,11H2,(H,23,24,26)/t17-/m0/s1. The fourth-order valence-corrected chi connectivity index (χ4v) is 4.21. The van der Waals surface area contributed by atoms with Crippen molar-refractivity contribution in [1.82, 2.24) is 9.88 Å². The summed E-state index contributed by atoms with van der Waals surface area (Å²) >= 11 is 1.40. The molecule has 0 unspecified atom stereocenters. The molecule has 0 saturated carbocycles. The number of anilines is 1. The molecule has 8 heteroatoms. The Bertz CT molecular complexity index is 1050. The Labute approximate surface area is 171 Å². The van der Waals surface area contributed by atoms with E-state index in [1.54, 1.807) is 35.4 Å². The van der Waals surface area contributed by atoms with Gasteiger partial charge in [0.05, 0.1) is 17.9 Å². The molecule has 1 aliphatic rings. The average Bonchev–Trinajstić information content (AvgIpc) is 3.50. The van der Waals surface area contributed by atoms with Crippen molar-refractivity contribution in [2.45, 2.75) is 25.3 Å². The van der Waals surface area contributed by atoms with Gasteiger partial charge in [-0.1, -0.05) is 12.1 Å². The third kappa shape index (κ3) is 4.20. The molecule has 7 nitrogen and oxygen atoms in total. The van der Waals surface area contributed by atoms with E-state index in [9.17, 15) is 9.59 Å². The van der Waals surface area contributed by atoms with E-state index in [0.717, 1.165) is 16.9 Å². The van der Waals surface area contributed by atoms with Gasteiger partial charge >= 0.3 is 0 Å². The summed E-state index contributed by atoms with van der Waals surface area (Å²) in [7, 11) is 0. The third-order valence-electron chi connectivity index (χ3n) is 4.79. The molecule has 29 heavy (non-hydrogen) atoms. The SMILES string of the molecule is N#Cc1ccc(Cc2cnc(NC(=O)[C@@H]3CCCN3C(=O)c3ccco3)s2)cc1. The fraction of sp³-hybridized carbons (Fsp3) is 0.238. The Morgan fingerprint density at radius 2 is 2.14 bits per heavy atom. The van der Waals surface area contributed by atoms with Gasteiger partial charge in [-0.2, -0.15) is 5.26 Å². The van der Waals surface area contributed by atoms with Crippen LogP contribution in [0.1, 0.15) is 39.4 Å². The Hall–Kier alpha value is -3.44. The van der Waals surface area contributed by atoms with Crippen LogP contribution in [-0.4, -0.2) is 34.3 Å². The van der Waals surface area contributed by atoms with Gasteiger partial charge in [0.1, 0.15) is 6.04 Å². The van der Waals surface area contributed by atoms with Crippen molar-refractivity contribution in [2.24, 2.45) is 0 Å². The third-order valence-corrected chi connectivity index (χ3v) is 5.71. The zero-order valence-corrected chi connectivity index (χ0v) is 16.3. The van der Waals surface area contributed by atoms with E-state index in [0.29, 0.717) is 30.1 Å². The molecule has 1 N–H and O–H groups in total. The lowest BCUT2D eigenvalue weighted by atomic mass is 10.1. The monoisotopic (exact) mass is 406 g/mol. The number of thiazole rings is 1. The number of nitriles is 1. The smallest absolute Gasteiger partial charge is 0.290 e. The number of nitrogens with one attached hydrogen (secondary N) is 1. The molecule has 4 rings (SSSR count). The summed E-state index contributed by atoms with van der Waals surface area (Å²) in [6, 6.07) is 12.2. The van der Waals surface area contributed by atoms with Gasteiger partial charge in [-0.25, -0.2) is 4.98 Å². The van der Waals surface area contributed by atoms with Crippen molar-refractivity contribution in [1.29, 1.82) is 5.26 Å². The van der Waals surface area contributed by atoms with Crippen LogP contribution in [0.2, 0.25) is 0 Å². The largest absolute Gasteiger partial charge is 0.459 e. The number of aromatic nitrogens is 1. The summed E-state index contributed by atoms with van der Waals surface area (Å²) in [5, 5.41) is 12.2. The van der Waals surface area contributed by atoms with Crippen molar-refractivity contribution in [2.75, 3.05) is 11.9 Å². The van der Waals surface area contributed by atoms with Crippen LogP contribution in [0.4, 0.5) is 5.13 Å². The zero-order valence-electron chi connectivity index (χ0n) is 15.5. The lowest BCUT2D eigenvalue weighted by Crippen LogP contribution is -2.43. The predicted octanol–water partition coefficient (Wildman–Crippen LogP) is 3.44. The molecule has 2 amide bonds. The second-order valence-corrected chi connectivity index (χ2v) is 7.86. The van der Waals surface area contributed by atoms with Crippen LogP contribution in [0.3, 0.4) is 0 Å². The molecule has 0 radical (unpaired) electrons. The predicted molar refractivity (Wildman–Crippen MR) is 107 cm³/mol. The van der Waals surface area contributed by atoms with Crippen LogP contribution in [0, 0.1) is 11.3 Å². The minimum atomic E-state index is -0.529. The van der Waals surface area contributed by atoms with Crippen LogP contribution >= 0.6 is 11.3 Å². The second-order valence-electron chi connectivity index (χ2n) is 6.74. The molecule has 3 heterocycles. The maximum Gasteiger partial charge on any atom is 0.290 e. The number of hydrogen-bond acceptors (Lipinski definition) is 6. The molecule has 1 aliphatic heterocycles. The Balaban J connectivity index is 1.39. The molecule has 0 bridgehead atoms. The summed E-state index contributed by atoms with van der Waals surface area (Å²) in [4.78, 5) is 32.1. The van der Waals surface area contributed by atoms with E-state index >= 15 is 0 Å². The van der Waals surface area contributed by atoms with E-state index in [-0.39, 0.29) is 17.6 Å². The van der Waals surface area contributed by atoms with E-state index in [4.69, 9.17) is 9.68 Å². The lowest BCUT2D eigenvalue weighted by Gasteiger charge is -2.22. The highest BCUT2D eigenvalue weighted by molar-refractivity contribution is 7.15.